The van der Waals surface area contributed by atoms with E-state index in [1.54, 1.807) is 0 Å². The maximum absolute atomic E-state index is 12.5. The first-order valence-electron chi connectivity index (χ1n) is 10.2. The average Bonchev–Trinajstić information content (AvgIpc) is 3.29. The largest absolute Gasteiger partial charge is 0.343 e. The molecule has 0 spiro atoms. The van der Waals surface area contributed by atoms with Crippen LogP contribution >= 0.6 is 11.3 Å². The molecule has 1 aliphatic rings. The molecule has 0 bridgehead atoms. The average molecular weight is 421 g/mol. The zero-order valence-electron chi connectivity index (χ0n) is 16.7. The topological polar surface area (TPSA) is 75.2 Å². The number of amides is 2. The zero-order chi connectivity index (χ0) is 20.8. The lowest BCUT2D eigenvalue weighted by Crippen LogP contribution is -2.38. The minimum Gasteiger partial charge on any atom is -0.343 e. The van der Waals surface area contributed by atoms with Gasteiger partial charge in [-0.2, -0.15) is 0 Å². The fourth-order valence-electron chi connectivity index (χ4n) is 3.63. The third-order valence-corrected chi connectivity index (χ3v) is 6.42. The Morgan fingerprint density at radius 1 is 0.967 bits per heavy atom. The van der Waals surface area contributed by atoms with E-state index in [9.17, 15) is 9.59 Å². The molecule has 1 N–H and O–H groups in total. The molecule has 2 amide bonds. The highest BCUT2D eigenvalue weighted by molar-refractivity contribution is 7.13. The van der Waals surface area contributed by atoms with E-state index in [4.69, 9.17) is 0 Å². The molecule has 2 aromatic carbocycles. The molecule has 1 saturated heterocycles. The number of piperidine rings is 1. The van der Waals surface area contributed by atoms with Crippen LogP contribution in [0.15, 0.2) is 60.7 Å². The number of para-hydroxylation sites is 1. The van der Waals surface area contributed by atoms with Crippen LogP contribution in [0.5, 0.6) is 0 Å². The molecule has 0 saturated carbocycles. The van der Waals surface area contributed by atoms with Gasteiger partial charge in [0, 0.05) is 31.1 Å². The van der Waals surface area contributed by atoms with E-state index in [1.807, 2.05) is 53.4 Å². The van der Waals surface area contributed by atoms with Gasteiger partial charge in [0.05, 0.1) is 0 Å². The predicted molar refractivity (Wildman–Crippen MR) is 118 cm³/mol. The van der Waals surface area contributed by atoms with Crippen LogP contribution in [0.2, 0.25) is 0 Å². The Labute approximate surface area is 180 Å². The van der Waals surface area contributed by atoms with Crippen LogP contribution in [-0.4, -0.2) is 40.0 Å². The number of aromatic nitrogens is 2. The number of anilines is 1. The van der Waals surface area contributed by atoms with Gasteiger partial charge in [-0.25, -0.2) is 0 Å². The normalized spacial score (nSPS) is 14.5. The summed E-state index contributed by atoms with van der Waals surface area (Å²) in [6.45, 7) is 1.45. The van der Waals surface area contributed by atoms with Gasteiger partial charge in [-0.1, -0.05) is 59.9 Å². The van der Waals surface area contributed by atoms with Gasteiger partial charge in [-0.05, 0) is 37.0 Å². The maximum atomic E-state index is 12.5. The molecule has 1 aromatic heterocycles. The van der Waals surface area contributed by atoms with Crippen LogP contribution in [0.4, 0.5) is 5.69 Å². The Balaban J connectivity index is 1.27. The first-order chi connectivity index (χ1) is 14.7. The number of nitrogens with zero attached hydrogens (tertiary/aromatic N) is 3. The lowest BCUT2D eigenvalue weighted by molar-refractivity contribution is -0.132. The standard InChI is InChI=1S/C23H24N4O2S/c28-20(12-11-17-7-3-1-4-8-17)27-15-13-18(14-16-27)22-25-26-23(30-22)21(29)24-19-9-5-2-6-10-19/h1-10,18H,11-16H2,(H,24,29). The number of rotatable bonds is 6. The second-order valence-electron chi connectivity index (χ2n) is 7.41. The number of likely N-dealkylation sites (tertiary alicyclic amines) is 1. The minimum atomic E-state index is -0.238. The summed E-state index contributed by atoms with van der Waals surface area (Å²) in [6.07, 6.45) is 3.02. The number of aryl methyl sites for hydroxylation is 1. The van der Waals surface area contributed by atoms with Gasteiger partial charge in [0.25, 0.3) is 5.91 Å². The first-order valence-corrected chi connectivity index (χ1v) is 11.0. The number of carbonyl (C=O) groups excluding carboxylic acids is 2. The van der Waals surface area contributed by atoms with Crippen molar-refractivity contribution in [2.75, 3.05) is 18.4 Å². The van der Waals surface area contributed by atoms with Crippen molar-refractivity contribution in [3.63, 3.8) is 0 Å². The van der Waals surface area contributed by atoms with E-state index in [0.717, 1.165) is 43.0 Å². The van der Waals surface area contributed by atoms with Gasteiger partial charge >= 0.3 is 0 Å². The van der Waals surface area contributed by atoms with Crippen LogP contribution in [-0.2, 0) is 11.2 Å². The summed E-state index contributed by atoms with van der Waals surface area (Å²) in [6, 6.07) is 19.4. The van der Waals surface area contributed by atoms with E-state index in [-0.39, 0.29) is 17.7 Å². The monoisotopic (exact) mass is 420 g/mol. The van der Waals surface area contributed by atoms with Gasteiger partial charge in [0.15, 0.2) is 0 Å². The zero-order valence-corrected chi connectivity index (χ0v) is 17.5. The fraction of sp³-hybridized carbons (Fsp3) is 0.304. The van der Waals surface area contributed by atoms with Crippen molar-refractivity contribution in [3.8, 4) is 0 Å². The van der Waals surface area contributed by atoms with Crippen molar-refractivity contribution in [2.45, 2.75) is 31.6 Å². The lowest BCUT2D eigenvalue weighted by atomic mass is 9.97. The predicted octanol–water partition coefficient (Wildman–Crippen LogP) is 4.13. The van der Waals surface area contributed by atoms with Gasteiger partial charge in [-0.15, -0.1) is 10.2 Å². The van der Waals surface area contributed by atoms with E-state index in [1.165, 1.54) is 16.9 Å². The molecule has 30 heavy (non-hydrogen) atoms. The second kappa shape index (κ2) is 9.63. The van der Waals surface area contributed by atoms with Crippen molar-refractivity contribution in [1.29, 1.82) is 0 Å². The highest BCUT2D eigenvalue weighted by Gasteiger charge is 2.27. The Morgan fingerprint density at radius 2 is 1.63 bits per heavy atom. The molecular formula is C23H24N4O2S. The van der Waals surface area contributed by atoms with Crippen LogP contribution < -0.4 is 5.32 Å². The summed E-state index contributed by atoms with van der Waals surface area (Å²) in [7, 11) is 0. The summed E-state index contributed by atoms with van der Waals surface area (Å²) in [4.78, 5) is 26.9. The summed E-state index contributed by atoms with van der Waals surface area (Å²) in [5, 5.41) is 12.4. The lowest BCUT2D eigenvalue weighted by Gasteiger charge is -2.31. The quantitative estimate of drug-likeness (QED) is 0.651. The Kier molecular flexibility index (Phi) is 6.49. The Morgan fingerprint density at radius 3 is 2.33 bits per heavy atom. The third-order valence-electron chi connectivity index (χ3n) is 5.33. The van der Waals surface area contributed by atoms with E-state index >= 15 is 0 Å². The number of hydrogen-bond donors (Lipinski definition) is 1. The summed E-state index contributed by atoms with van der Waals surface area (Å²) >= 11 is 1.35. The fourth-order valence-corrected chi connectivity index (χ4v) is 4.53. The van der Waals surface area contributed by atoms with E-state index in [2.05, 4.69) is 27.6 Å². The van der Waals surface area contributed by atoms with Crippen molar-refractivity contribution >= 4 is 28.8 Å². The summed E-state index contributed by atoms with van der Waals surface area (Å²) in [5.41, 5.74) is 1.93. The van der Waals surface area contributed by atoms with Crippen molar-refractivity contribution in [3.05, 3.63) is 76.2 Å². The summed E-state index contributed by atoms with van der Waals surface area (Å²) < 4.78 is 0. The van der Waals surface area contributed by atoms with Crippen molar-refractivity contribution in [1.82, 2.24) is 15.1 Å². The highest BCUT2D eigenvalue weighted by Crippen LogP contribution is 2.30. The number of benzene rings is 2. The summed E-state index contributed by atoms with van der Waals surface area (Å²) in [5.74, 6) is 0.218. The molecule has 0 unspecified atom stereocenters. The molecule has 1 fully saturated rings. The van der Waals surface area contributed by atoms with E-state index < -0.39 is 0 Å². The maximum Gasteiger partial charge on any atom is 0.286 e. The molecule has 1 aliphatic heterocycles. The number of carbonyl (C=O) groups is 2. The van der Waals surface area contributed by atoms with Crippen LogP contribution in [0.3, 0.4) is 0 Å². The van der Waals surface area contributed by atoms with Crippen molar-refractivity contribution in [2.24, 2.45) is 0 Å². The Hall–Kier alpha value is -3.06. The van der Waals surface area contributed by atoms with Crippen LogP contribution in [0.1, 0.15) is 45.6 Å². The number of nitrogens with one attached hydrogen (secondary N) is 1. The molecule has 7 heteroatoms. The van der Waals surface area contributed by atoms with Crippen LogP contribution in [0, 0.1) is 0 Å². The molecule has 3 aromatic rings. The molecule has 6 nitrogen and oxygen atoms in total. The molecule has 0 atom stereocenters. The third kappa shape index (κ3) is 5.10. The molecule has 0 radical (unpaired) electrons. The Bertz CT molecular complexity index is 983. The van der Waals surface area contributed by atoms with Gasteiger partial charge in [-0.3, -0.25) is 9.59 Å². The SMILES string of the molecule is O=C(Nc1ccccc1)c1nnc(C2CCN(C(=O)CCc3ccccc3)CC2)s1. The first kappa shape index (κ1) is 20.2. The highest BCUT2D eigenvalue weighted by atomic mass is 32.1. The molecule has 4 rings (SSSR count). The number of hydrogen-bond acceptors (Lipinski definition) is 5. The minimum absolute atomic E-state index is 0.206. The van der Waals surface area contributed by atoms with E-state index in [0.29, 0.717) is 11.4 Å². The van der Waals surface area contributed by atoms with Gasteiger partial charge < -0.3 is 10.2 Å². The molecule has 0 aliphatic carbocycles. The van der Waals surface area contributed by atoms with Crippen molar-refractivity contribution < 1.29 is 9.59 Å². The van der Waals surface area contributed by atoms with Gasteiger partial charge in [0.2, 0.25) is 10.9 Å². The van der Waals surface area contributed by atoms with Crippen LogP contribution in [0.25, 0.3) is 0 Å². The smallest absolute Gasteiger partial charge is 0.286 e. The molecular weight excluding hydrogens is 396 g/mol. The molecule has 2 heterocycles. The molecule has 154 valence electrons. The second-order valence-corrected chi connectivity index (χ2v) is 8.42. The van der Waals surface area contributed by atoms with Gasteiger partial charge in [0.1, 0.15) is 5.01 Å².